The van der Waals surface area contributed by atoms with E-state index in [1.54, 1.807) is 4.90 Å². The van der Waals surface area contributed by atoms with Crippen LogP contribution in [-0.2, 0) is 14.4 Å². The second-order valence-electron chi connectivity index (χ2n) is 8.26. The molecule has 2 heterocycles. The van der Waals surface area contributed by atoms with Crippen molar-refractivity contribution in [2.75, 3.05) is 13.2 Å². The number of fused-ring (bicyclic) bond motifs is 2. The molecule has 1 aliphatic carbocycles. The first kappa shape index (κ1) is 23.1. The summed E-state index contributed by atoms with van der Waals surface area (Å²) in [4.78, 5) is 39.4. The third-order valence-corrected chi connectivity index (χ3v) is 7.54. The van der Waals surface area contributed by atoms with Crippen LogP contribution in [0.1, 0.15) is 32.8 Å². The monoisotopic (exact) mass is 564 g/mol. The Labute approximate surface area is 205 Å². The summed E-state index contributed by atoms with van der Waals surface area (Å²) in [5.41, 5.74) is 2.80. The molecule has 3 aliphatic rings. The van der Waals surface area contributed by atoms with Crippen molar-refractivity contribution in [2.24, 2.45) is 11.8 Å². The van der Waals surface area contributed by atoms with Crippen LogP contribution in [0, 0.1) is 15.4 Å². The van der Waals surface area contributed by atoms with Crippen LogP contribution in [0.15, 0.2) is 47.0 Å². The molecule has 0 spiro atoms. The molecule has 6 nitrogen and oxygen atoms in total. The topological polar surface area (TPSA) is 75.7 Å². The molecule has 2 aliphatic heterocycles. The van der Waals surface area contributed by atoms with Crippen LogP contribution < -0.4 is 10.1 Å². The van der Waals surface area contributed by atoms with E-state index in [2.05, 4.69) is 27.9 Å². The molecule has 2 amide bonds. The average molecular weight is 564 g/mol. The lowest BCUT2D eigenvalue weighted by Crippen LogP contribution is -2.40. The number of nitrogens with one attached hydrogen (secondary N) is 1. The number of hydrogen-bond donors (Lipinski definition) is 1. The minimum absolute atomic E-state index is 0.0263. The highest BCUT2D eigenvalue weighted by atomic mass is 127. The number of amides is 2. The van der Waals surface area contributed by atoms with Gasteiger partial charge in [0.2, 0.25) is 11.0 Å². The second-order valence-corrected chi connectivity index (χ2v) is 10.4. The van der Waals surface area contributed by atoms with Gasteiger partial charge in [-0.15, -0.1) is 0 Å². The zero-order valence-electron chi connectivity index (χ0n) is 18.2. The Morgan fingerprint density at radius 2 is 2.09 bits per heavy atom. The fourth-order valence-electron chi connectivity index (χ4n) is 4.14. The van der Waals surface area contributed by atoms with Crippen molar-refractivity contribution >= 4 is 56.9 Å². The summed E-state index contributed by atoms with van der Waals surface area (Å²) in [5, 5.41) is 3.59. The number of carbonyl (C=O) groups excluding carboxylic acids is 3. The lowest BCUT2D eigenvalue weighted by molar-refractivity contribution is -0.134. The van der Waals surface area contributed by atoms with E-state index in [1.165, 1.54) is 11.8 Å². The standard InChI is InChI=1S/C24H25IN2O4S/c1-4-10-26-19(28)12-31-18-9-8-14(11-17(18)25)15-6-5-7-16-20(15)23-27(22(16)29)21(13(2)3)24(30)32-23/h5-9,11,13,16,21H,4,10,12H2,1-3H3,(H,26,28). The molecular formula is C24H25IN2O4S. The van der Waals surface area contributed by atoms with Crippen LogP contribution in [0.5, 0.6) is 5.75 Å². The summed E-state index contributed by atoms with van der Waals surface area (Å²) in [6.45, 7) is 6.55. The predicted molar refractivity (Wildman–Crippen MR) is 134 cm³/mol. The quantitative estimate of drug-likeness (QED) is 0.505. The maximum absolute atomic E-state index is 13.2. The van der Waals surface area contributed by atoms with Crippen LogP contribution in [0.25, 0.3) is 5.57 Å². The third kappa shape index (κ3) is 4.14. The van der Waals surface area contributed by atoms with Gasteiger partial charge in [0.05, 0.1) is 14.5 Å². The molecule has 0 bridgehead atoms. The molecule has 1 fully saturated rings. The maximum atomic E-state index is 13.2. The second kappa shape index (κ2) is 9.43. The highest BCUT2D eigenvalue weighted by molar-refractivity contribution is 14.1. The van der Waals surface area contributed by atoms with E-state index >= 15 is 0 Å². The highest BCUT2D eigenvalue weighted by Gasteiger charge is 2.52. The molecule has 1 saturated heterocycles. The molecule has 2 unspecified atom stereocenters. The van der Waals surface area contributed by atoms with Crippen LogP contribution >= 0.6 is 34.4 Å². The summed E-state index contributed by atoms with van der Waals surface area (Å²) in [6.07, 6.45) is 6.69. The first-order valence-corrected chi connectivity index (χ1v) is 12.6. The number of thioether (sulfide) groups is 1. The highest BCUT2D eigenvalue weighted by Crippen LogP contribution is 2.51. The van der Waals surface area contributed by atoms with Gasteiger partial charge in [0, 0.05) is 12.1 Å². The van der Waals surface area contributed by atoms with Gasteiger partial charge in [-0.25, -0.2) is 0 Å². The molecular weight excluding hydrogens is 539 g/mol. The smallest absolute Gasteiger partial charge is 0.257 e. The zero-order chi connectivity index (χ0) is 23.0. The Morgan fingerprint density at radius 3 is 2.78 bits per heavy atom. The SMILES string of the molecule is CCCNC(=O)COc1ccc(C2=CC=CC3C(=O)N4C(=C23)SC(=O)C4C(C)C)cc1I. The minimum Gasteiger partial charge on any atom is -0.483 e. The Kier molecular flexibility index (Phi) is 6.80. The molecule has 1 N–H and O–H groups in total. The number of halogens is 1. The van der Waals surface area contributed by atoms with Crippen LogP contribution in [0.4, 0.5) is 0 Å². The van der Waals surface area contributed by atoms with E-state index in [0.29, 0.717) is 12.3 Å². The Morgan fingerprint density at radius 1 is 1.31 bits per heavy atom. The number of nitrogens with zero attached hydrogens (tertiary/aromatic N) is 1. The number of hydrogen-bond acceptors (Lipinski definition) is 5. The first-order valence-electron chi connectivity index (χ1n) is 10.7. The van der Waals surface area contributed by atoms with E-state index in [-0.39, 0.29) is 35.4 Å². The number of benzene rings is 1. The molecule has 0 radical (unpaired) electrons. The lowest BCUT2D eigenvalue weighted by atomic mass is 9.86. The number of ether oxygens (including phenoxy) is 1. The molecule has 32 heavy (non-hydrogen) atoms. The molecule has 168 valence electrons. The maximum Gasteiger partial charge on any atom is 0.257 e. The Balaban J connectivity index is 1.61. The van der Waals surface area contributed by atoms with E-state index in [4.69, 9.17) is 4.74 Å². The van der Waals surface area contributed by atoms with E-state index < -0.39 is 6.04 Å². The van der Waals surface area contributed by atoms with Gasteiger partial charge in [-0.2, -0.15) is 0 Å². The van der Waals surface area contributed by atoms with Crippen molar-refractivity contribution in [3.63, 3.8) is 0 Å². The van der Waals surface area contributed by atoms with Gasteiger partial charge < -0.3 is 10.1 Å². The molecule has 0 aromatic heterocycles. The van der Waals surface area contributed by atoms with E-state index in [1.807, 2.05) is 57.2 Å². The summed E-state index contributed by atoms with van der Waals surface area (Å²) < 4.78 is 6.56. The fourth-order valence-corrected chi connectivity index (χ4v) is 6.15. The van der Waals surface area contributed by atoms with Gasteiger partial charge in [-0.05, 0) is 70.0 Å². The van der Waals surface area contributed by atoms with Crippen LogP contribution in [0.2, 0.25) is 0 Å². The van der Waals surface area contributed by atoms with Crippen molar-refractivity contribution < 1.29 is 19.1 Å². The third-order valence-electron chi connectivity index (χ3n) is 5.64. The predicted octanol–water partition coefficient (Wildman–Crippen LogP) is 4.12. The molecule has 1 aromatic carbocycles. The molecule has 1 aromatic rings. The van der Waals surface area contributed by atoms with Crippen LogP contribution in [0.3, 0.4) is 0 Å². The zero-order valence-corrected chi connectivity index (χ0v) is 21.2. The number of carbonyl (C=O) groups is 3. The van der Waals surface area contributed by atoms with Gasteiger partial charge in [0.1, 0.15) is 11.8 Å². The number of allylic oxidation sites excluding steroid dienone is 3. The minimum atomic E-state index is -0.412. The molecule has 0 saturated carbocycles. The van der Waals surface area contributed by atoms with Gasteiger partial charge >= 0.3 is 0 Å². The van der Waals surface area contributed by atoms with Crippen molar-refractivity contribution in [3.8, 4) is 5.75 Å². The van der Waals surface area contributed by atoms with Gasteiger partial charge in [0.25, 0.3) is 5.91 Å². The largest absolute Gasteiger partial charge is 0.483 e. The van der Waals surface area contributed by atoms with E-state index in [9.17, 15) is 14.4 Å². The molecule has 4 rings (SSSR count). The van der Waals surface area contributed by atoms with Gasteiger partial charge in [-0.1, -0.05) is 45.1 Å². The Hall–Kier alpha value is -2.07. The summed E-state index contributed by atoms with van der Waals surface area (Å²) in [7, 11) is 0. The lowest BCUT2D eigenvalue weighted by Gasteiger charge is -2.23. The normalized spacial score (nSPS) is 21.8. The molecule has 2 atom stereocenters. The first-order chi connectivity index (χ1) is 15.3. The van der Waals surface area contributed by atoms with Gasteiger partial charge in [0.15, 0.2) is 6.61 Å². The van der Waals surface area contributed by atoms with E-state index in [0.717, 1.165) is 31.7 Å². The van der Waals surface area contributed by atoms with Crippen molar-refractivity contribution in [1.82, 2.24) is 10.2 Å². The molecule has 8 heteroatoms. The van der Waals surface area contributed by atoms with Crippen molar-refractivity contribution in [1.29, 1.82) is 0 Å². The fraction of sp³-hybridized carbons (Fsp3) is 0.375. The number of rotatable bonds is 7. The van der Waals surface area contributed by atoms with Crippen LogP contribution in [-0.4, -0.2) is 41.0 Å². The average Bonchev–Trinajstić information content (AvgIpc) is 3.24. The Bertz CT molecular complexity index is 1080. The summed E-state index contributed by atoms with van der Waals surface area (Å²) >= 11 is 3.38. The van der Waals surface area contributed by atoms with Gasteiger partial charge in [-0.3, -0.25) is 19.3 Å². The summed E-state index contributed by atoms with van der Waals surface area (Å²) in [6, 6.07) is 5.36. The van der Waals surface area contributed by atoms with Crippen molar-refractivity contribution in [3.05, 3.63) is 56.2 Å². The summed E-state index contributed by atoms with van der Waals surface area (Å²) in [5.74, 6) is 0.162. The van der Waals surface area contributed by atoms with Crippen molar-refractivity contribution in [2.45, 2.75) is 33.2 Å².